The van der Waals surface area contributed by atoms with Gasteiger partial charge in [0.25, 0.3) is 0 Å². The molecule has 0 heterocycles. The summed E-state index contributed by atoms with van der Waals surface area (Å²) in [5.74, 6) is -3.62. The number of rotatable bonds is 6. The second-order valence-corrected chi connectivity index (χ2v) is 6.72. The second-order valence-electron chi connectivity index (χ2n) is 4.62. The molecule has 0 saturated carbocycles. The summed E-state index contributed by atoms with van der Waals surface area (Å²) >= 11 is 0. The summed E-state index contributed by atoms with van der Waals surface area (Å²) in [6.45, 7) is 3.61. The Morgan fingerprint density at radius 2 is 1.95 bits per heavy atom. The maximum absolute atomic E-state index is 13.3. The van der Waals surface area contributed by atoms with E-state index in [0.717, 1.165) is 12.1 Å². The molecule has 3 nitrogen and oxygen atoms in total. The Balaban J connectivity index is 2.85. The molecule has 0 bridgehead atoms. The summed E-state index contributed by atoms with van der Waals surface area (Å²) in [7, 11) is -3.58. The number of halogens is 2. The predicted octanol–water partition coefficient (Wildman–Crippen LogP) is 2.61. The summed E-state index contributed by atoms with van der Waals surface area (Å²) in [6, 6.07) is 2.46. The van der Waals surface area contributed by atoms with Gasteiger partial charge in [0.05, 0.1) is 11.3 Å². The third-order valence-corrected chi connectivity index (χ3v) is 4.60. The van der Waals surface area contributed by atoms with Crippen molar-refractivity contribution in [3.63, 3.8) is 0 Å². The van der Waals surface area contributed by atoms with E-state index in [0.29, 0.717) is 12.5 Å². The predicted molar refractivity (Wildman–Crippen MR) is 68.8 cm³/mol. The van der Waals surface area contributed by atoms with Gasteiger partial charge in [-0.05, 0) is 18.1 Å². The zero-order valence-electron chi connectivity index (χ0n) is 10.8. The first-order valence-electron chi connectivity index (χ1n) is 5.94. The van der Waals surface area contributed by atoms with Crippen LogP contribution < -0.4 is 0 Å². The molecule has 0 saturated heterocycles. The van der Waals surface area contributed by atoms with Crippen LogP contribution in [0.4, 0.5) is 8.78 Å². The maximum Gasteiger partial charge on any atom is 0.180 e. The number of benzene rings is 1. The highest BCUT2D eigenvalue weighted by Crippen LogP contribution is 2.13. The molecule has 0 aromatic heterocycles. The molecule has 1 rings (SSSR count). The van der Waals surface area contributed by atoms with Gasteiger partial charge in [-0.2, -0.15) is 0 Å². The van der Waals surface area contributed by atoms with Gasteiger partial charge in [0.2, 0.25) is 0 Å². The highest BCUT2D eigenvalue weighted by atomic mass is 32.2. The van der Waals surface area contributed by atoms with Crippen LogP contribution >= 0.6 is 0 Å². The summed E-state index contributed by atoms with van der Waals surface area (Å²) in [5, 5.41) is 0. The average molecular weight is 290 g/mol. The Labute approximate surface area is 111 Å². The largest absolute Gasteiger partial charge is 0.293 e. The monoisotopic (exact) mass is 290 g/mol. The minimum absolute atomic E-state index is 0.0594. The fourth-order valence-electron chi connectivity index (χ4n) is 1.60. The molecule has 0 fully saturated rings. The molecule has 0 aliphatic rings. The molecular formula is C13H16F2O3S. The normalized spacial score (nSPS) is 13.3. The fraction of sp³-hybridized carbons (Fsp3) is 0.462. The maximum atomic E-state index is 13.3. The Kier molecular flexibility index (Phi) is 5.17. The van der Waals surface area contributed by atoms with E-state index in [2.05, 4.69) is 0 Å². The van der Waals surface area contributed by atoms with Crippen molar-refractivity contribution >= 4 is 15.6 Å². The lowest BCUT2D eigenvalue weighted by atomic mass is 10.1. The first-order chi connectivity index (χ1) is 8.75. The molecule has 1 atom stereocenters. The summed E-state index contributed by atoms with van der Waals surface area (Å²) < 4.78 is 49.5. The molecule has 1 unspecified atom stereocenters. The molecule has 0 aliphatic carbocycles. The second kappa shape index (κ2) is 6.23. The van der Waals surface area contributed by atoms with E-state index in [4.69, 9.17) is 0 Å². The molecule has 0 aliphatic heterocycles. The molecule has 0 radical (unpaired) electrons. The van der Waals surface area contributed by atoms with E-state index in [1.807, 2.05) is 6.92 Å². The number of carbonyl (C=O) groups excluding carboxylic acids is 1. The molecule has 0 amide bonds. The minimum atomic E-state index is -3.58. The standard InChI is InChI=1S/C13H16F2O3S/c1-3-9(2)7-19(17,18)8-13(16)11-5-4-10(14)6-12(11)15/h4-6,9H,3,7-8H2,1-2H3. The van der Waals surface area contributed by atoms with Gasteiger partial charge in [-0.15, -0.1) is 0 Å². The number of hydrogen-bond donors (Lipinski definition) is 0. The number of hydrogen-bond acceptors (Lipinski definition) is 3. The van der Waals surface area contributed by atoms with E-state index in [-0.39, 0.29) is 11.7 Å². The van der Waals surface area contributed by atoms with Crippen molar-refractivity contribution in [1.82, 2.24) is 0 Å². The van der Waals surface area contributed by atoms with Gasteiger partial charge in [0.15, 0.2) is 15.6 Å². The van der Waals surface area contributed by atoms with Crippen LogP contribution in [0.5, 0.6) is 0 Å². The van der Waals surface area contributed by atoms with Gasteiger partial charge < -0.3 is 0 Å². The Morgan fingerprint density at radius 3 is 2.47 bits per heavy atom. The first kappa shape index (κ1) is 15.8. The fourth-order valence-corrected chi connectivity index (χ4v) is 3.38. The quantitative estimate of drug-likeness (QED) is 0.757. The highest BCUT2D eigenvalue weighted by molar-refractivity contribution is 7.92. The van der Waals surface area contributed by atoms with Gasteiger partial charge in [-0.3, -0.25) is 4.79 Å². The van der Waals surface area contributed by atoms with Crippen LogP contribution in [0, 0.1) is 17.6 Å². The van der Waals surface area contributed by atoms with Crippen LogP contribution in [0.15, 0.2) is 18.2 Å². The third-order valence-electron chi connectivity index (χ3n) is 2.82. The molecular weight excluding hydrogens is 274 g/mol. The Morgan fingerprint density at radius 1 is 1.32 bits per heavy atom. The third kappa shape index (κ3) is 4.70. The van der Waals surface area contributed by atoms with Crippen molar-refractivity contribution < 1.29 is 22.0 Å². The summed E-state index contributed by atoms with van der Waals surface area (Å²) in [4.78, 5) is 11.7. The molecule has 0 spiro atoms. The number of Topliss-reactive ketones (excluding diaryl/α,β-unsaturated/α-hetero) is 1. The molecule has 1 aromatic rings. The zero-order valence-corrected chi connectivity index (χ0v) is 11.6. The molecule has 19 heavy (non-hydrogen) atoms. The summed E-state index contributed by atoms with van der Waals surface area (Å²) in [6.07, 6.45) is 0.679. The number of sulfone groups is 1. The lowest BCUT2D eigenvalue weighted by molar-refractivity contribution is 0.101. The Hall–Kier alpha value is -1.30. The van der Waals surface area contributed by atoms with Crippen LogP contribution in [-0.2, 0) is 9.84 Å². The van der Waals surface area contributed by atoms with Crippen LogP contribution in [0.1, 0.15) is 30.6 Å². The highest BCUT2D eigenvalue weighted by Gasteiger charge is 2.22. The van der Waals surface area contributed by atoms with Crippen LogP contribution in [0.25, 0.3) is 0 Å². The molecule has 6 heteroatoms. The van der Waals surface area contributed by atoms with Crippen molar-refractivity contribution in [3.8, 4) is 0 Å². The SMILES string of the molecule is CCC(C)CS(=O)(=O)CC(=O)c1ccc(F)cc1F. The van der Waals surface area contributed by atoms with Gasteiger partial charge >= 0.3 is 0 Å². The summed E-state index contributed by atoms with van der Waals surface area (Å²) in [5.41, 5.74) is -0.394. The first-order valence-corrected chi connectivity index (χ1v) is 7.76. The van der Waals surface area contributed by atoms with Crippen LogP contribution in [-0.4, -0.2) is 25.7 Å². The van der Waals surface area contributed by atoms with Gasteiger partial charge in [-0.25, -0.2) is 17.2 Å². The minimum Gasteiger partial charge on any atom is -0.293 e. The number of ketones is 1. The van der Waals surface area contributed by atoms with Crippen LogP contribution in [0.2, 0.25) is 0 Å². The van der Waals surface area contributed by atoms with E-state index < -0.39 is 38.6 Å². The smallest absolute Gasteiger partial charge is 0.180 e. The van der Waals surface area contributed by atoms with E-state index in [1.54, 1.807) is 6.92 Å². The van der Waals surface area contributed by atoms with Crippen molar-refractivity contribution in [2.24, 2.45) is 5.92 Å². The van der Waals surface area contributed by atoms with Crippen molar-refractivity contribution in [2.45, 2.75) is 20.3 Å². The average Bonchev–Trinajstić information content (AvgIpc) is 2.26. The lowest BCUT2D eigenvalue weighted by Gasteiger charge is -2.09. The van der Waals surface area contributed by atoms with Gasteiger partial charge in [-0.1, -0.05) is 20.3 Å². The van der Waals surface area contributed by atoms with E-state index >= 15 is 0 Å². The topological polar surface area (TPSA) is 51.2 Å². The molecule has 106 valence electrons. The number of carbonyl (C=O) groups is 1. The van der Waals surface area contributed by atoms with Crippen molar-refractivity contribution in [1.29, 1.82) is 0 Å². The van der Waals surface area contributed by atoms with E-state index in [9.17, 15) is 22.0 Å². The zero-order chi connectivity index (χ0) is 14.6. The van der Waals surface area contributed by atoms with E-state index in [1.165, 1.54) is 0 Å². The Bertz CT molecular complexity index is 567. The van der Waals surface area contributed by atoms with Crippen LogP contribution in [0.3, 0.4) is 0 Å². The van der Waals surface area contributed by atoms with Crippen molar-refractivity contribution in [3.05, 3.63) is 35.4 Å². The molecule has 1 aromatic carbocycles. The van der Waals surface area contributed by atoms with Crippen molar-refractivity contribution in [2.75, 3.05) is 11.5 Å². The van der Waals surface area contributed by atoms with Gasteiger partial charge in [0, 0.05) is 6.07 Å². The lowest BCUT2D eigenvalue weighted by Crippen LogP contribution is -2.23. The van der Waals surface area contributed by atoms with Gasteiger partial charge in [0.1, 0.15) is 17.4 Å². The molecule has 0 N–H and O–H groups in total.